The van der Waals surface area contributed by atoms with E-state index in [1.54, 1.807) is 19.0 Å². The van der Waals surface area contributed by atoms with Crippen molar-refractivity contribution in [3.63, 3.8) is 0 Å². The summed E-state index contributed by atoms with van der Waals surface area (Å²) in [6, 6.07) is 3.10. The number of alkyl halides is 3. The number of hydrogen-bond donors (Lipinski definition) is 2. The number of unbranched alkanes of at least 4 members (excludes halogenated alkanes) is 1. The van der Waals surface area contributed by atoms with Crippen LogP contribution in [0.15, 0.2) is 18.2 Å². The Morgan fingerprint density at radius 1 is 1.25 bits per heavy atom. The molecule has 0 fully saturated rings. The van der Waals surface area contributed by atoms with E-state index in [-0.39, 0.29) is 18.8 Å². The zero-order chi connectivity index (χ0) is 18.3. The number of benzene rings is 1. The van der Waals surface area contributed by atoms with Crippen molar-refractivity contribution in [1.29, 1.82) is 0 Å². The van der Waals surface area contributed by atoms with Crippen molar-refractivity contribution < 1.29 is 23.1 Å². The van der Waals surface area contributed by atoms with Gasteiger partial charge >= 0.3 is 12.2 Å². The van der Waals surface area contributed by atoms with Gasteiger partial charge in [-0.15, -0.1) is 0 Å². The van der Waals surface area contributed by atoms with Gasteiger partial charge in [0.05, 0.1) is 17.9 Å². The van der Waals surface area contributed by atoms with Crippen LogP contribution in [0.25, 0.3) is 0 Å². The van der Waals surface area contributed by atoms with Gasteiger partial charge in [-0.2, -0.15) is 13.2 Å². The summed E-state index contributed by atoms with van der Waals surface area (Å²) in [5, 5.41) is 11.3. The Balaban J connectivity index is 3.05. The maximum atomic E-state index is 13.3. The first-order valence-electron chi connectivity index (χ1n) is 7.76. The lowest BCUT2D eigenvalue weighted by Gasteiger charge is -2.24. The van der Waals surface area contributed by atoms with Gasteiger partial charge in [0, 0.05) is 32.9 Å². The number of carbonyl (C=O) groups excluding carboxylic acids is 1. The van der Waals surface area contributed by atoms with Gasteiger partial charge in [0.1, 0.15) is 0 Å². The Labute approximate surface area is 140 Å². The fraction of sp³-hybridized carbons (Fsp3) is 0.562. The number of aliphatic hydroxyl groups excluding tert-OH is 1. The predicted molar refractivity (Wildman–Crippen MR) is 88.4 cm³/mol. The zero-order valence-electron chi connectivity index (χ0n) is 14.2. The SMILES string of the molecule is CCCCN(CCO)C(=O)Nc1ccc(N(C)C)cc1C(F)(F)F. The largest absolute Gasteiger partial charge is 0.418 e. The molecule has 1 rings (SSSR count). The first-order chi connectivity index (χ1) is 11.2. The molecule has 2 N–H and O–H groups in total. The Bertz CT molecular complexity index is 548. The lowest BCUT2D eigenvalue weighted by atomic mass is 10.1. The molecule has 0 spiro atoms. The minimum Gasteiger partial charge on any atom is -0.395 e. The van der Waals surface area contributed by atoms with E-state index in [4.69, 9.17) is 5.11 Å². The lowest BCUT2D eigenvalue weighted by molar-refractivity contribution is -0.136. The van der Waals surface area contributed by atoms with Crippen molar-refractivity contribution >= 4 is 17.4 Å². The molecule has 136 valence electrons. The van der Waals surface area contributed by atoms with Crippen LogP contribution in [-0.4, -0.2) is 49.8 Å². The quantitative estimate of drug-likeness (QED) is 0.795. The maximum Gasteiger partial charge on any atom is 0.418 e. The van der Waals surface area contributed by atoms with Crippen LogP contribution in [0, 0.1) is 0 Å². The summed E-state index contributed by atoms with van der Waals surface area (Å²) in [6.07, 6.45) is -3.04. The molecular weight excluding hydrogens is 323 g/mol. The normalized spacial score (nSPS) is 11.3. The molecule has 5 nitrogen and oxygen atoms in total. The molecule has 24 heavy (non-hydrogen) atoms. The van der Waals surface area contributed by atoms with Crippen molar-refractivity contribution in [3.05, 3.63) is 23.8 Å². The minimum absolute atomic E-state index is 0.0724. The molecule has 0 atom stereocenters. The molecule has 0 heterocycles. The van der Waals surface area contributed by atoms with Gasteiger partial charge in [-0.1, -0.05) is 13.3 Å². The van der Waals surface area contributed by atoms with Gasteiger partial charge < -0.3 is 20.2 Å². The third-order valence-corrected chi connectivity index (χ3v) is 3.51. The third kappa shape index (κ3) is 5.59. The molecule has 1 aromatic rings. The van der Waals surface area contributed by atoms with Crippen molar-refractivity contribution in [2.45, 2.75) is 25.9 Å². The molecule has 1 aromatic carbocycles. The van der Waals surface area contributed by atoms with E-state index in [0.29, 0.717) is 18.7 Å². The number of nitrogens with one attached hydrogen (secondary N) is 1. The van der Waals surface area contributed by atoms with Crippen LogP contribution in [0.5, 0.6) is 0 Å². The van der Waals surface area contributed by atoms with Gasteiger partial charge in [-0.05, 0) is 24.6 Å². The average molecular weight is 347 g/mol. The summed E-state index contributed by atoms with van der Waals surface area (Å²) < 4.78 is 39.8. The van der Waals surface area contributed by atoms with Gasteiger partial charge in [-0.25, -0.2) is 4.79 Å². The van der Waals surface area contributed by atoms with E-state index >= 15 is 0 Å². The number of amides is 2. The van der Waals surface area contributed by atoms with Crippen LogP contribution in [0.3, 0.4) is 0 Å². The van der Waals surface area contributed by atoms with Crippen molar-refractivity contribution in [2.24, 2.45) is 0 Å². The summed E-state index contributed by atoms with van der Waals surface area (Å²) in [5.41, 5.74) is -0.808. The monoisotopic (exact) mass is 347 g/mol. The molecule has 0 aliphatic heterocycles. The van der Waals surface area contributed by atoms with E-state index in [2.05, 4.69) is 5.32 Å². The van der Waals surface area contributed by atoms with Crippen LogP contribution in [0.1, 0.15) is 25.3 Å². The summed E-state index contributed by atoms with van der Waals surface area (Å²) in [5.74, 6) is 0. The number of halogens is 3. The third-order valence-electron chi connectivity index (χ3n) is 3.51. The van der Waals surface area contributed by atoms with Gasteiger partial charge in [-0.3, -0.25) is 0 Å². The summed E-state index contributed by atoms with van der Waals surface area (Å²) >= 11 is 0. The second-order valence-corrected chi connectivity index (χ2v) is 5.62. The second kappa shape index (κ2) is 8.77. The van der Waals surface area contributed by atoms with Gasteiger partial charge in [0.15, 0.2) is 0 Å². The highest BCUT2D eigenvalue weighted by molar-refractivity contribution is 5.90. The topological polar surface area (TPSA) is 55.8 Å². The number of carbonyl (C=O) groups is 1. The standard InChI is InChI=1S/C16H24F3N3O2/c1-4-5-8-22(9-10-23)15(24)20-14-7-6-12(21(2)3)11-13(14)16(17,18)19/h6-7,11,23H,4-5,8-10H2,1-3H3,(H,20,24). The molecule has 0 saturated heterocycles. The Morgan fingerprint density at radius 2 is 1.92 bits per heavy atom. The van der Waals surface area contributed by atoms with Crippen LogP contribution < -0.4 is 10.2 Å². The first-order valence-corrected chi connectivity index (χ1v) is 7.76. The lowest BCUT2D eigenvalue weighted by Crippen LogP contribution is -2.38. The van der Waals surface area contributed by atoms with Gasteiger partial charge in [0.2, 0.25) is 0 Å². The summed E-state index contributed by atoms with van der Waals surface area (Å²) in [4.78, 5) is 15.1. The van der Waals surface area contributed by atoms with Crippen LogP contribution in [0.2, 0.25) is 0 Å². The Hall–Kier alpha value is -1.96. The van der Waals surface area contributed by atoms with E-state index < -0.39 is 17.8 Å². The molecule has 0 bridgehead atoms. The highest BCUT2D eigenvalue weighted by atomic mass is 19.4. The number of rotatable bonds is 7. The highest BCUT2D eigenvalue weighted by Crippen LogP contribution is 2.37. The van der Waals surface area contributed by atoms with E-state index in [9.17, 15) is 18.0 Å². The molecule has 0 radical (unpaired) electrons. The maximum absolute atomic E-state index is 13.3. The van der Waals surface area contributed by atoms with E-state index in [1.165, 1.54) is 17.0 Å². The predicted octanol–water partition coefficient (Wildman–Crippen LogP) is 3.40. The second-order valence-electron chi connectivity index (χ2n) is 5.62. The zero-order valence-corrected chi connectivity index (χ0v) is 14.2. The van der Waals surface area contributed by atoms with Gasteiger partial charge in [0.25, 0.3) is 0 Å². The molecular formula is C16H24F3N3O2. The molecule has 0 unspecified atom stereocenters. The van der Waals surface area contributed by atoms with E-state index in [1.807, 2.05) is 6.92 Å². The molecule has 0 aliphatic carbocycles. The van der Waals surface area contributed by atoms with E-state index in [0.717, 1.165) is 12.5 Å². The molecule has 2 amide bonds. The molecule has 0 aliphatic rings. The van der Waals surface area contributed by atoms with Crippen LogP contribution >= 0.6 is 0 Å². The number of anilines is 2. The first kappa shape index (κ1) is 20.1. The fourth-order valence-electron chi connectivity index (χ4n) is 2.13. The minimum atomic E-state index is -4.58. The van der Waals surface area contributed by atoms with Crippen molar-refractivity contribution in [3.8, 4) is 0 Å². The molecule has 0 saturated carbocycles. The average Bonchev–Trinajstić information content (AvgIpc) is 2.50. The summed E-state index contributed by atoms with van der Waals surface area (Å²) in [7, 11) is 3.28. The highest BCUT2D eigenvalue weighted by Gasteiger charge is 2.34. The van der Waals surface area contributed by atoms with Crippen molar-refractivity contribution in [2.75, 3.05) is 44.0 Å². The molecule has 8 heteroatoms. The van der Waals surface area contributed by atoms with Crippen LogP contribution in [0.4, 0.5) is 29.3 Å². The Kier molecular flexibility index (Phi) is 7.34. The Morgan fingerprint density at radius 3 is 2.42 bits per heavy atom. The fourth-order valence-corrected chi connectivity index (χ4v) is 2.13. The number of hydrogen-bond acceptors (Lipinski definition) is 3. The smallest absolute Gasteiger partial charge is 0.395 e. The number of aliphatic hydroxyl groups is 1. The molecule has 0 aromatic heterocycles. The number of nitrogens with zero attached hydrogens (tertiary/aromatic N) is 2. The van der Waals surface area contributed by atoms with Crippen molar-refractivity contribution in [1.82, 2.24) is 4.90 Å². The van der Waals surface area contributed by atoms with Crippen LogP contribution in [-0.2, 0) is 6.18 Å². The summed E-state index contributed by atoms with van der Waals surface area (Å²) in [6.45, 7) is 2.14. The number of urea groups is 1.